The number of hydrogen-bond acceptors (Lipinski definition) is 5. The van der Waals surface area contributed by atoms with Gasteiger partial charge in [-0.2, -0.15) is 0 Å². The van der Waals surface area contributed by atoms with Gasteiger partial charge in [-0.1, -0.05) is 43.5 Å². The quantitative estimate of drug-likeness (QED) is 0.426. The van der Waals surface area contributed by atoms with Gasteiger partial charge in [0.2, 0.25) is 11.9 Å². The van der Waals surface area contributed by atoms with Gasteiger partial charge in [0.05, 0.1) is 5.69 Å². The van der Waals surface area contributed by atoms with E-state index >= 15 is 0 Å². The Morgan fingerprint density at radius 3 is 2.29 bits per heavy atom. The molecule has 0 radical (unpaired) electrons. The van der Waals surface area contributed by atoms with Crippen LogP contribution in [-0.4, -0.2) is 57.8 Å². The molecule has 1 aromatic heterocycles. The van der Waals surface area contributed by atoms with Gasteiger partial charge in [-0.05, 0) is 48.9 Å². The van der Waals surface area contributed by atoms with Crippen LogP contribution in [0.25, 0.3) is 11.3 Å². The van der Waals surface area contributed by atoms with Gasteiger partial charge in [0.1, 0.15) is 0 Å². The monoisotopic (exact) mass is 491 g/mol. The van der Waals surface area contributed by atoms with Crippen LogP contribution in [0.4, 0.5) is 11.6 Å². The SMILES string of the molecule is CCCCCC(=O)N1CCN(C(=O)c2ccc(Nc3nccc(-c4ccc(Cl)cc4)n3)cc2)CC1. The van der Waals surface area contributed by atoms with Crippen molar-refractivity contribution in [2.45, 2.75) is 32.6 Å². The van der Waals surface area contributed by atoms with Crippen molar-refractivity contribution in [2.75, 3.05) is 31.5 Å². The highest BCUT2D eigenvalue weighted by Crippen LogP contribution is 2.22. The molecular formula is C27H30ClN5O2. The molecule has 0 unspecified atom stereocenters. The zero-order valence-corrected chi connectivity index (χ0v) is 20.7. The summed E-state index contributed by atoms with van der Waals surface area (Å²) in [6, 6.07) is 16.6. The Balaban J connectivity index is 1.32. The van der Waals surface area contributed by atoms with E-state index in [1.54, 1.807) is 18.3 Å². The molecule has 1 saturated heterocycles. The van der Waals surface area contributed by atoms with E-state index < -0.39 is 0 Å². The van der Waals surface area contributed by atoms with Gasteiger partial charge >= 0.3 is 0 Å². The number of rotatable bonds is 8. The van der Waals surface area contributed by atoms with Gasteiger partial charge in [-0.25, -0.2) is 9.97 Å². The molecule has 0 aliphatic carbocycles. The Morgan fingerprint density at radius 1 is 0.914 bits per heavy atom. The van der Waals surface area contributed by atoms with Crippen LogP contribution in [0.5, 0.6) is 0 Å². The number of piperazine rings is 1. The van der Waals surface area contributed by atoms with Crippen molar-refractivity contribution in [3.63, 3.8) is 0 Å². The summed E-state index contributed by atoms with van der Waals surface area (Å²) in [5.41, 5.74) is 3.14. The summed E-state index contributed by atoms with van der Waals surface area (Å²) < 4.78 is 0. The molecule has 0 saturated carbocycles. The predicted molar refractivity (Wildman–Crippen MR) is 139 cm³/mol. The number of unbranched alkanes of at least 4 members (excludes halogenated alkanes) is 2. The predicted octanol–water partition coefficient (Wildman–Crippen LogP) is 5.41. The molecule has 8 heteroatoms. The lowest BCUT2D eigenvalue weighted by Crippen LogP contribution is -2.50. The van der Waals surface area contributed by atoms with Crippen LogP contribution >= 0.6 is 11.6 Å². The molecule has 1 fully saturated rings. The minimum atomic E-state index is -0.0179. The third-order valence-corrected chi connectivity index (χ3v) is 6.35. The Morgan fingerprint density at radius 2 is 1.60 bits per heavy atom. The normalized spacial score (nSPS) is 13.5. The highest BCUT2D eigenvalue weighted by atomic mass is 35.5. The van der Waals surface area contributed by atoms with E-state index in [0.29, 0.717) is 49.1 Å². The lowest BCUT2D eigenvalue weighted by Gasteiger charge is -2.35. The number of anilines is 2. The minimum Gasteiger partial charge on any atom is -0.339 e. The van der Waals surface area contributed by atoms with Gasteiger partial charge in [0.15, 0.2) is 0 Å². The number of carbonyl (C=O) groups is 2. The van der Waals surface area contributed by atoms with Gasteiger partial charge in [0.25, 0.3) is 5.91 Å². The number of hydrogen-bond donors (Lipinski definition) is 1. The molecule has 7 nitrogen and oxygen atoms in total. The summed E-state index contributed by atoms with van der Waals surface area (Å²) in [6.45, 7) is 4.44. The molecule has 2 amide bonds. The van der Waals surface area contributed by atoms with Gasteiger partial charge in [0, 0.05) is 60.6 Å². The zero-order chi connectivity index (χ0) is 24.6. The lowest BCUT2D eigenvalue weighted by atomic mass is 10.1. The average Bonchev–Trinajstić information content (AvgIpc) is 2.89. The molecule has 1 N–H and O–H groups in total. The number of nitrogens with zero attached hydrogens (tertiary/aromatic N) is 4. The van der Waals surface area contributed by atoms with E-state index in [9.17, 15) is 9.59 Å². The van der Waals surface area contributed by atoms with Crippen molar-refractivity contribution in [3.8, 4) is 11.3 Å². The molecule has 4 rings (SSSR count). The van der Waals surface area contributed by atoms with Crippen LogP contribution in [0.2, 0.25) is 5.02 Å². The third-order valence-electron chi connectivity index (χ3n) is 6.10. The zero-order valence-electron chi connectivity index (χ0n) is 19.9. The van der Waals surface area contributed by atoms with Crippen molar-refractivity contribution in [1.82, 2.24) is 19.8 Å². The second-order valence-corrected chi connectivity index (χ2v) is 9.04. The highest BCUT2D eigenvalue weighted by molar-refractivity contribution is 6.30. The first-order valence-corrected chi connectivity index (χ1v) is 12.4. The lowest BCUT2D eigenvalue weighted by molar-refractivity contribution is -0.132. The summed E-state index contributed by atoms with van der Waals surface area (Å²) in [6.07, 6.45) is 5.42. The van der Waals surface area contributed by atoms with Crippen molar-refractivity contribution < 1.29 is 9.59 Å². The molecule has 2 heterocycles. The molecule has 1 aliphatic rings. The number of benzene rings is 2. The number of nitrogens with one attached hydrogen (secondary N) is 1. The first kappa shape index (κ1) is 24.7. The molecular weight excluding hydrogens is 462 g/mol. The topological polar surface area (TPSA) is 78.4 Å². The Bertz CT molecular complexity index is 1140. The van der Waals surface area contributed by atoms with Crippen LogP contribution in [0, 0.1) is 0 Å². The van der Waals surface area contributed by atoms with E-state index in [2.05, 4.69) is 22.2 Å². The molecule has 0 atom stereocenters. The first-order chi connectivity index (χ1) is 17.0. The van der Waals surface area contributed by atoms with Crippen LogP contribution in [0.15, 0.2) is 60.8 Å². The molecule has 0 bridgehead atoms. The molecule has 2 aromatic carbocycles. The maximum absolute atomic E-state index is 13.0. The Kier molecular flexibility index (Phi) is 8.32. The summed E-state index contributed by atoms with van der Waals surface area (Å²) in [5, 5.41) is 3.87. The van der Waals surface area contributed by atoms with E-state index in [4.69, 9.17) is 11.6 Å². The second-order valence-electron chi connectivity index (χ2n) is 8.60. The average molecular weight is 492 g/mol. The number of halogens is 1. The van der Waals surface area contributed by atoms with Gasteiger partial charge in [-0.15, -0.1) is 0 Å². The molecule has 3 aromatic rings. The van der Waals surface area contributed by atoms with E-state index in [0.717, 1.165) is 36.2 Å². The Hall–Kier alpha value is -3.45. The van der Waals surface area contributed by atoms with Gasteiger partial charge in [-0.3, -0.25) is 9.59 Å². The van der Waals surface area contributed by atoms with Crippen molar-refractivity contribution in [1.29, 1.82) is 0 Å². The smallest absolute Gasteiger partial charge is 0.253 e. The fourth-order valence-corrected chi connectivity index (χ4v) is 4.18. The largest absolute Gasteiger partial charge is 0.339 e. The second kappa shape index (κ2) is 11.8. The van der Waals surface area contributed by atoms with Crippen molar-refractivity contribution in [3.05, 3.63) is 71.4 Å². The van der Waals surface area contributed by atoms with Gasteiger partial charge < -0.3 is 15.1 Å². The van der Waals surface area contributed by atoms with Crippen molar-refractivity contribution in [2.24, 2.45) is 0 Å². The first-order valence-electron chi connectivity index (χ1n) is 12.1. The number of carbonyl (C=O) groups excluding carboxylic acids is 2. The Labute approximate surface area is 211 Å². The summed E-state index contributed by atoms with van der Waals surface area (Å²) in [7, 11) is 0. The standard InChI is InChI=1S/C27H30ClN5O2/c1-2-3-4-5-25(34)32-16-18-33(19-17-32)26(35)21-8-12-23(13-9-21)30-27-29-15-14-24(31-27)20-6-10-22(28)11-7-20/h6-15H,2-5,16-19H2,1H3,(H,29,30,31). The van der Waals surface area contributed by atoms with E-state index in [-0.39, 0.29) is 11.8 Å². The molecule has 1 aliphatic heterocycles. The maximum atomic E-state index is 13.0. The van der Waals surface area contributed by atoms with Crippen LogP contribution in [0.1, 0.15) is 43.0 Å². The van der Waals surface area contributed by atoms with Crippen LogP contribution < -0.4 is 5.32 Å². The van der Waals surface area contributed by atoms with Crippen LogP contribution in [-0.2, 0) is 4.79 Å². The fraction of sp³-hybridized carbons (Fsp3) is 0.333. The summed E-state index contributed by atoms with van der Waals surface area (Å²) >= 11 is 5.97. The number of amides is 2. The number of aromatic nitrogens is 2. The van der Waals surface area contributed by atoms with E-state index in [1.165, 1.54) is 0 Å². The highest BCUT2D eigenvalue weighted by Gasteiger charge is 2.24. The molecule has 182 valence electrons. The van der Waals surface area contributed by atoms with Crippen LogP contribution in [0.3, 0.4) is 0 Å². The molecule has 0 spiro atoms. The third kappa shape index (κ3) is 6.57. The van der Waals surface area contributed by atoms with E-state index in [1.807, 2.05) is 52.3 Å². The maximum Gasteiger partial charge on any atom is 0.253 e. The summed E-state index contributed by atoms with van der Waals surface area (Å²) in [4.78, 5) is 37.8. The minimum absolute atomic E-state index is 0.0179. The summed E-state index contributed by atoms with van der Waals surface area (Å²) in [5.74, 6) is 0.648. The van der Waals surface area contributed by atoms with Crippen molar-refractivity contribution >= 4 is 35.1 Å². The molecule has 35 heavy (non-hydrogen) atoms. The fourth-order valence-electron chi connectivity index (χ4n) is 4.05.